The van der Waals surface area contributed by atoms with E-state index in [1.807, 2.05) is 60.7 Å². The molecule has 2 aliphatic heterocycles. The van der Waals surface area contributed by atoms with Gasteiger partial charge in [-0.2, -0.15) is 26.3 Å². The second-order valence-electron chi connectivity index (χ2n) is 11.2. The lowest BCUT2D eigenvalue weighted by atomic mass is 9.74. The molecule has 4 unspecified atom stereocenters. The highest BCUT2D eigenvalue weighted by molar-refractivity contribution is 5.37. The predicted octanol–water partition coefficient (Wildman–Crippen LogP) is 5.95. The average molecular weight is 618 g/mol. The molecule has 4 atom stereocenters. The monoisotopic (exact) mass is 617 g/mol. The molecule has 232 valence electrons. The van der Waals surface area contributed by atoms with Crippen molar-refractivity contribution < 1.29 is 36.2 Å². The number of alkyl halides is 6. The second-order valence-corrected chi connectivity index (χ2v) is 11.2. The van der Waals surface area contributed by atoms with Crippen LogP contribution < -0.4 is 0 Å². The molecule has 0 amide bonds. The lowest BCUT2D eigenvalue weighted by Crippen LogP contribution is -2.46. The Bertz CT molecular complexity index is 1550. The maximum atomic E-state index is 13.6. The number of aliphatic hydroxyl groups is 1. The standard InChI is InChI=1S/C31H29F6N5O2/c32-30(33,34)23-13-21(14-24(15-23)31(35,36)37)19-44-27-16-26-25(28-38-39-40-42(28)11-12-43)17-29(27,22-9-5-2-6-10-22)41(26)18-20-7-3-1-4-8-20/h1-10,13-15,25-27,43H,11-12,16-19H2. The number of hydrogen-bond acceptors (Lipinski definition) is 6. The molecule has 0 aliphatic carbocycles. The topological polar surface area (TPSA) is 76.3 Å². The molecule has 1 N–H and O–H groups in total. The first kappa shape index (κ1) is 30.2. The summed E-state index contributed by atoms with van der Waals surface area (Å²) < 4.78 is 89.3. The first-order chi connectivity index (χ1) is 21.0. The first-order valence-electron chi connectivity index (χ1n) is 14.1. The van der Waals surface area contributed by atoms with E-state index in [1.54, 1.807) is 4.68 Å². The number of ether oxygens (including phenoxy) is 1. The van der Waals surface area contributed by atoms with Crippen LogP contribution in [0.25, 0.3) is 0 Å². The van der Waals surface area contributed by atoms with Gasteiger partial charge in [0.15, 0.2) is 5.82 Å². The van der Waals surface area contributed by atoms with Gasteiger partial charge < -0.3 is 9.84 Å². The number of hydrogen-bond donors (Lipinski definition) is 1. The minimum Gasteiger partial charge on any atom is -0.394 e. The quantitative estimate of drug-likeness (QED) is 0.234. The summed E-state index contributed by atoms with van der Waals surface area (Å²) in [6, 6.07) is 20.7. The Morgan fingerprint density at radius 3 is 2.11 bits per heavy atom. The largest absolute Gasteiger partial charge is 0.416 e. The number of benzene rings is 3. The van der Waals surface area contributed by atoms with Gasteiger partial charge in [-0.1, -0.05) is 60.7 Å². The molecule has 6 rings (SSSR count). The molecule has 7 nitrogen and oxygen atoms in total. The molecule has 4 aromatic rings. The third-order valence-electron chi connectivity index (χ3n) is 8.67. The fraction of sp³-hybridized carbons (Fsp3) is 0.387. The van der Waals surface area contributed by atoms with E-state index in [4.69, 9.17) is 4.74 Å². The van der Waals surface area contributed by atoms with Gasteiger partial charge >= 0.3 is 12.4 Å². The third-order valence-corrected chi connectivity index (χ3v) is 8.67. The van der Waals surface area contributed by atoms with Gasteiger partial charge in [-0.05, 0) is 58.2 Å². The van der Waals surface area contributed by atoms with Crippen molar-refractivity contribution in [3.8, 4) is 0 Å². The van der Waals surface area contributed by atoms with E-state index < -0.39 is 41.7 Å². The van der Waals surface area contributed by atoms with E-state index >= 15 is 0 Å². The summed E-state index contributed by atoms with van der Waals surface area (Å²) in [6.07, 6.45) is -9.55. The van der Waals surface area contributed by atoms with E-state index in [1.165, 1.54) is 0 Å². The molecular weight excluding hydrogens is 588 g/mol. The molecule has 3 heterocycles. The molecule has 1 aromatic heterocycles. The number of nitrogens with zero attached hydrogens (tertiary/aromatic N) is 5. The zero-order valence-corrected chi connectivity index (χ0v) is 23.3. The van der Waals surface area contributed by atoms with Gasteiger partial charge in [0.25, 0.3) is 0 Å². The summed E-state index contributed by atoms with van der Waals surface area (Å²) in [7, 11) is 0. The fourth-order valence-electron chi connectivity index (χ4n) is 6.86. The molecule has 2 saturated heterocycles. The minimum absolute atomic E-state index is 0.120. The Balaban J connectivity index is 1.40. The second kappa shape index (κ2) is 11.6. The first-order valence-corrected chi connectivity index (χ1v) is 14.1. The van der Waals surface area contributed by atoms with Crippen molar-refractivity contribution in [3.63, 3.8) is 0 Å². The summed E-state index contributed by atoms with van der Waals surface area (Å²) in [6.45, 7) is 0.125. The van der Waals surface area contributed by atoms with Crippen molar-refractivity contribution in [2.24, 2.45) is 0 Å². The lowest BCUT2D eigenvalue weighted by Gasteiger charge is -2.40. The maximum absolute atomic E-state index is 13.6. The summed E-state index contributed by atoms with van der Waals surface area (Å²) >= 11 is 0. The van der Waals surface area contributed by atoms with Gasteiger partial charge in [0.1, 0.15) is 0 Å². The van der Waals surface area contributed by atoms with Crippen LogP contribution in [-0.4, -0.2) is 49.0 Å². The predicted molar refractivity (Wildman–Crippen MR) is 146 cm³/mol. The molecule has 44 heavy (non-hydrogen) atoms. The van der Waals surface area contributed by atoms with Crippen LogP contribution in [0.5, 0.6) is 0 Å². The molecule has 0 radical (unpaired) electrons. The molecule has 2 aliphatic rings. The van der Waals surface area contributed by atoms with Crippen LogP contribution in [0.4, 0.5) is 26.3 Å². The van der Waals surface area contributed by atoms with Crippen molar-refractivity contribution >= 4 is 0 Å². The van der Waals surface area contributed by atoms with Gasteiger partial charge in [-0.3, -0.25) is 4.90 Å². The van der Waals surface area contributed by atoms with Crippen LogP contribution in [0.15, 0.2) is 78.9 Å². The third kappa shape index (κ3) is 5.59. The van der Waals surface area contributed by atoms with Crippen LogP contribution in [0, 0.1) is 0 Å². The Hall–Kier alpha value is -3.81. The van der Waals surface area contributed by atoms with Crippen LogP contribution in [-0.2, 0) is 42.3 Å². The normalized spacial score (nSPS) is 23.8. The number of fused-ring (bicyclic) bond motifs is 2. The lowest BCUT2D eigenvalue weighted by molar-refractivity contribution is -0.143. The highest BCUT2D eigenvalue weighted by Gasteiger charge is 2.64. The van der Waals surface area contributed by atoms with Gasteiger partial charge in [-0.15, -0.1) is 5.10 Å². The maximum Gasteiger partial charge on any atom is 0.416 e. The van der Waals surface area contributed by atoms with Crippen molar-refractivity contribution in [2.45, 2.75) is 68.5 Å². The van der Waals surface area contributed by atoms with E-state index in [2.05, 4.69) is 20.4 Å². The number of rotatable bonds is 9. The Morgan fingerprint density at radius 2 is 1.50 bits per heavy atom. The van der Waals surface area contributed by atoms with Crippen molar-refractivity contribution in [3.05, 3.63) is 113 Å². The highest BCUT2D eigenvalue weighted by Crippen LogP contribution is 2.59. The minimum atomic E-state index is -4.95. The summed E-state index contributed by atoms with van der Waals surface area (Å²) in [5.41, 5.74) is -1.82. The van der Waals surface area contributed by atoms with Crippen LogP contribution >= 0.6 is 0 Å². The molecule has 3 aromatic carbocycles. The van der Waals surface area contributed by atoms with E-state index in [0.717, 1.165) is 11.1 Å². The van der Waals surface area contributed by atoms with Crippen molar-refractivity contribution in [1.29, 1.82) is 0 Å². The fourth-order valence-corrected chi connectivity index (χ4v) is 6.86. The average Bonchev–Trinajstić information content (AvgIpc) is 3.67. The smallest absolute Gasteiger partial charge is 0.394 e. The molecule has 2 bridgehead atoms. The van der Waals surface area contributed by atoms with Crippen LogP contribution in [0.3, 0.4) is 0 Å². The van der Waals surface area contributed by atoms with E-state index in [-0.39, 0.29) is 36.7 Å². The Morgan fingerprint density at radius 1 is 0.864 bits per heavy atom. The van der Waals surface area contributed by atoms with Crippen molar-refractivity contribution in [1.82, 2.24) is 25.1 Å². The molecule has 0 saturated carbocycles. The number of aromatic nitrogens is 4. The van der Waals surface area contributed by atoms with E-state index in [0.29, 0.717) is 37.3 Å². The zero-order valence-electron chi connectivity index (χ0n) is 23.3. The summed E-state index contributed by atoms with van der Waals surface area (Å²) in [5, 5.41) is 21.8. The van der Waals surface area contributed by atoms with Crippen LogP contribution in [0.1, 0.15) is 52.4 Å². The van der Waals surface area contributed by atoms with Gasteiger partial charge in [0.05, 0.1) is 42.5 Å². The molecular formula is C31H29F6N5O2. The molecule has 13 heteroatoms. The molecule has 0 spiro atoms. The van der Waals surface area contributed by atoms with Gasteiger partial charge in [-0.25, -0.2) is 4.68 Å². The van der Waals surface area contributed by atoms with E-state index in [9.17, 15) is 31.4 Å². The SMILES string of the molecule is OCCn1nnnc1C1CC2(c3ccccc3)C(OCc3cc(C(F)(F)F)cc(C(F)(F)F)c3)CC1N2Cc1ccccc1. The summed E-state index contributed by atoms with van der Waals surface area (Å²) in [4.78, 5) is 2.30. The summed E-state index contributed by atoms with van der Waals surface area (Å²) in [5.74, 6) is 0.428. The van der Waals surface area contributed by atoms with Gasteiger partial charge in [0, 0.05) is 18.5 Å². The number of halogens is 6. The number of aliphatic hydroxyl groups excluding tert-OH is 1. The van der Waals surface area contributed by atoms with Crippen molar-refractivity contribution in [2.75, 3.05) is 6.61 Å². The molecule has 2 fully saturated rings. The Labute approximate surface area is 249 Å². The Kier molecular flexibility index (Phi) is 7.97. The zero-order chi connectivity index (χ0) is 31.1. The van der Waals surface area contributed by atoms with Gasteiger partial charge in [0.2, 0.25) is 0 Å². The number of tetrazole rings is 1. The highest BCUT2D eigenvalue weighted by atomic mass is 19.4. The van der Waals surface area contributed by atoms with Crippen LogP contribution in [0.2, 0.25) is 0 Å².